The topological polar surface area (TPSA) is 86.7 Å². The Morgan fingerprint density at radius 1 is 1.20 bits per heavy atom. The molecule has 0 saturated heterocycles. The molecule has 3 atom stereocenters. The zero-order chi connectivity index (χ0) is 22.7. The SMILES string of the molecule is CCCNC(=O)[C@@H](CC(=O)[C@H](CCCc1ccccc1)[C@H](C)N(O)C=O)C(C)(C)C. The van der Waals surface area contributed by atoms with Crippen LogP contribution in [0.25, 0.3) is 0 Å². The van der Waals surface area contributed by atoms with Crippen LogP contribution < -0.4 is 5.32 Å². The van der Waals surface area contributed by atoms with Crippen LogP contribution in [0.3, 0.4) is 0 Å². The van der Waals surface area contributed by atoms with Gasteiger partial charge in [0.2, 0.25) is 12.3 Å². The van der Waals surface area contributed by atoms with Crippen molar-refractivity contribution in [3.8, 4) is 0 Å². The van der Waals surface area contributed by atoms with E-state index in [1.807, 2.05) is 58.0 Å². The van der Waals surface area contributed by atoms with Gasteiger partial charge in [-0.1, -0.05) is 58.0 Å². The van der Waals surface area contributed by atoms with Crippen molar-refractivity contribution in [1.82, 2.24) is 10.4 Å². The number of aryl methyl sites for hydroxylation is 1. The van der Waals surface area contributed by atoms with Gasteiger partial charge in [-0.25, -0.2) is 5.06 Å². The molecule has 0 fully saturated rings. The molecule has 1 aromatic rings. The second kappa shape index (κ2) is 12.5. The Labute approximate surface area is 181 Å². The summed E-state index contributed by atoms with van der Waals surface area (Å²) in [6.07, 6.45) is 3.34. The number of nitrogens with zero attached hydrogens (tertiary/aromatic N) is 1. The van der Waals surface area contributed by atoms with Crippen molar-refractivity contribution in [3.63, 3.8) is 0 Å². The van der Waals surface area contributed by atoms with E-state index in [2.05, 4.69) is 5.32 Å². The summed E-state index contributed by atoms with van der Waals surface area (Å²) in [7, 11) is 0. The first-order chi connectivity index (χ1) is 14.1. The van der Waals surface area contributed by atoms with Crippen LogP contribution in [0.15, 0.2) is 30.3 Å². The predicted molar refractivity (Wildman–Crippen MR) is 118 cm³/mol. The van der Waals surface area contributed by atoms with Gasteiger partial charge in [0.15, 0.2) is 0 Å². The molecule has 1 rings (SSSR count). The van der Waals surface area contributed by atoms with Crippen molar-refractivity contribution in [2.75, 3.05) is 6.54 Å². The molecule has 168 valence electrons. The number of hydroxylamine groups is 2. The number of benzene rings is 1. The van der Waals surface area contributed by atoms with Gasteiger partial charge in [-0.15, -0.1) is 0 Å². The first-order valence-corrected chi connectivity index (χ1v) is 10.9. The zero-order valence-electron chi connectivity index (χ0n) is 19.1. The molecule has 0 aromatic heterocycles. The summed E-state index contributed by atoms with van der Waals surface area (Å²) in [4.78, 5) is 37.0. The maximum absolute atomic E-state index is 13.2. The number of ketones is 1. The summed E-state index contributed by atoms with van der Waals surface area (Å²) in [5.74, 6) is -1.22. The highest BCUT2D eigenvalue weighted by atomic mass is 16.5. The minimum Gasteiger partial charge on any atom is -0.356 e. The standard InChI is InChI=1S/C24H38N2O4/c1-6-15-25-23(29)21(24(3,4)5)16-22(28)20(18(2)26(30)17-27)14-10-13-19-11-8-7-9-12-19/h7-9,11-12,17-18,20-21,30H,6,10,13-16H2,1-5H3,(H,25,29)/t18-,20+,21+/m0/s1. The Morgan fingerprint density at radius 2 is 1.83 bits per heavy atom. The fourth-order valence-electron chi connectivity index (χ4n) is 3.64. The van der Waals surface area contributed by atoms with E-state index in [-0.39, 0.29) is 23.5 Å². The molecule has 0 radical (unpaired) electrons. The van der Waals surface area contributed by atoms with Crippen LogP contribution in [0, 0.1) is 17.3 Å². The fraction of sp³-hybridized carbons (Fsp3) is 0.625. The zero-order valence-corrected chi connectivity index (χ0v) is 19.1. The third-order valence-corrected chi connectivity index (χ3v) is 5.66. The maximum Gasteiger partial charge on any atom is 0.233 e. The monoisotopic (exact) mass is 418 g/mol. The first-order valence-electron chi connectivity index (χ1n) is 10.9. The minimum absolute atomic E-state index is 0.0894. The fourth-order valence-corrected chi connectivity index (χ4v) is 3.64. The average molecular weight is 419 g/mol. The van der Waals surface area contributed by atoms with Crippen LogP contribution in [-0.4, -0.2) is 41.0 Å². The molecular weight excluding hydrogens is 380 g/mol. The summed E-state index contributed by atoms with van der Waals surface area (Å²) in [5.41, 5.74) is 0.800. The number of nitrogens with one attached hydrogen (secondary N) is 1. The molecule has 0 saturated carbocycles. The molecule has 0 unspecified atom stereocenters. The van der Waals surface area contributed by atoms with Crippen molar-refractivity contribution in [1.29, 1.82) is 0 Å². The van der Waals surface area contributed by atoms with Crippen molar-refractivity contribution in [2.45, 2.75) is 72.8 Å². The first kappa shape index (κ1) is 25.8. The number of carbonyl (C=O) groups excluding carboxylic acids is 3. The van der Waals surface area contributed by atoms with E-state index in [9.17, 15) is 19.6 Å². The highest BCUT2D eigenvalue weighted by Gasteiger charge is 2.37. The molecule has 30 heavy (non-hydrogen) atoms. The van der Waals surface area contributed by atoms with Gasteiger partial charge in [0.05, 0.1) is 6.04 Å². The van der Waals surface area contributed by atoms with Crippen LogP contribution >= 0.6 is 0 Å². The highest BCUT2D eigenvalue weighted by Crippen LogP contribution is 2.32. The predicted octanol–water partition coefficient (Wildman–Crippen LogP) is 4.01. The summed E-state index contributed by atoms with van der Waals surface area (Å²) in [5, 5.41) is 13.4. The van der Waals surface area contributed by atoms with Crippen LogP contribution in [0.5, 0.6) is 0 Å². The molecular formula is C24H38N2O4. The van der Waals surface area contributed by atoms with Gasteiger partial charge in [-0.3, -0.25) is 19.6 Å². The third kappa shape index (κ3) is 8.27. The van der Waals surface area contributed by atoms with E-state index in [0.717, 1.165) is 19.3 Å². The lowest BCUT2D eigenvalue weighted by molar-refractivity contribution is -0.166. The lowest BCUT2D eigenvalue weighted by Gasteiger charge is -2.32. The smallest absolute Gasteiger partial charge is 0.233 e. The number of hydrogen-bond acceptors (Lipinski definition) is 4. The Bertz CT molecular complexity index is 670. The van der Waals surface area contributed by atoms with Gasteiger partial charge in [0.25, 0.3) is 0 Å². The molecule has 2 N–H and O–H groups in total. The van der Waals surface area contributed by atoms with E-state index in [1.54, 1.807) is 6.92 Å². The van der Waals surface area contributed by atoms with Gasteiger partial charge < -0.3 is 5.32 Å². The molecule has 1 aromatic carbocycles. The molecule has 0 spiro atoms. The van der Waals surface area contributed by atoms with Gasteiger partial charge in [-0.2, -0.15) is 0 Å². The summed E-state index contributed by atoms with van der Waals surface area (Å²) in [6.45, 7) is 10.1. The minimum atomic E-state index is -0.648. The number of hydrogen-bond donors (Lipinski definition) is 2. The number of amides is 2. The van der Waals surface area contributed by atoms with E-state index < -0.39 is 17.9 Å². The van der Waals surface area contributed by atoms with Crippen molar-refractivity contribution >= 4 is 18.1 Å². The van der Waals surface area contributed by atoms with Gasteiger partial charge in [0, 0.05) is 24.8 Å². The molecule has 0 aliphatic rings. The summed E-state index contributed by atoms with van der Waals surface area (Å²) < 4.78 is 0. The van der Waals surface area contributed by atoms with Gasteiger partial charge in [0.1, 0.15) is 5.78 Å². The number of Topliss-reactive ketones (excluding diaryl/α,β-unsaturated/α-hetero) is 1. The lowest BCUT2D eigenvalue weighted by atomic mass is 9.74. The second-order valence-electron chi connectivity index (χ2n) is 9.09. The molecule has 0 bridgehead atoms. The number of rotatable bonds is 13. The van der Waals surface area contributed by atoms with E-state index in [0.29, 0.717) is 24.4 Å². The van der Waals surface area contributed by atoms with Crippen LogP contribution in [0.4, 0.5) is 0 Å². The largest absolute Gasteiger partial charge is 0.356 e. The maximum atomic E-state index is 13.2. The van der Waals surface area contributed by atoms with Crippen molar-refractivity contribution < 1.29 is 19.6 Å². The summed E-state index contributed by atoms with van der Waals surface area (Å²) in [6, 6.07) is 9.35. The van der Waals surface area contributed by atoms with Gasteiger partial charge in [-0.05, 0) is 43.6 Å². The van der Waals surface area contributed by atoms with E-state index in [4.69, 9.17) is 0 Å². The quantitative estimate of drug-likeness (QED) is 0.288. The van der Waals surface area contributed by atoms with Gasteiger partial charge >= 0.3 is 0 Å². The van der Waals surface area contributed by atoms with Crippen LogP contribution in [-0.2, 0) is 20.8 Å². The van der Waals surface area contributed by atoms with Crippen LogP contribution in [0.2, 0.25) is 0 Å². The van der Waals surface area contributed by atoms with E-state index in [1.165, 1.54) is 5.56 Å². The lowest BCUT2D eigenvalue weighted by Crippen LogP contribution is -2.43. The normalized spacial score (nSPS) is 14.5. The van der Waals surface area contributed by atoms with Crippen LogP contribution in [0.1, 0.15) is 65.9 Å². The average Bonchev–Trinajstić information content (AvgIpc) is 2.72. The van der Waals surface area contributed by atoms with E-state index >= 15 is 0 Å². The Hall–Kier alpha value is -2.21. The molecule has 0 aliphatic carbocycles. The van der Waals surface area contributed by atoms with Crippen molar-refractivity contribution in [2.24, 2.45) is 17.3 Å². The second-order valence-corrected chi connectivity index (χ2v) is 9.09. The molecule has 0 heterocycles. The molecule has 6 heteroatoms. The Balaban J connectivity index is 2.92. The Kier molecular flexibility index (Phi) is 10.7. The molecule has 6 nitrogen and oxygen atoms in total. The molecule has 2 amide bonds. The highest BCUT2D eigenvalue weighted by molar-refractivity contribution is 5.89. The molecule has 0 aliphatic heterocycles. The summed E-state index contributed by atoms with van der Waals surface area (Å²) >= 11 is 0. The Morgan fingerprint density at radius 3 is 2.37 bits per heavy atom. The number of carbonyl (C=O) groups is 3. The van der Waals surface area contributed by atoms with Crippen molar-refractivity contribution in [3.05, 3.63) is 35.9 Å². The third-order valence-electron chi connectivity index (χ3n) is 5.66.